The van der Waals surface area contributed by atoms with Gasteiger partial charge in [0.2, 0.25) is 0 Å². The Labute approximate surface area is 159 Å². The largest absolute Gasteiger partial charge is 0.478 e. The van der Waals surface area contributed by atoms with E-state index < -0.39 is 5.97 Å². The molecule has 0 saturated heterocycles. The van der Waals surface area contributed by atoms with Gasteiger partial charge in [0.25, 0.3) is 0 Å². The van der Waals surface area contributed by atoms with Crippen LogP contribution >= 0.6 is 23.2 Å². The van der Waals surface area contributed by atoms with E-state index in [0.717, 1.165) is 5.69 Å². The molecular weight excluding hydrogens is 375 g/mol. The number of anilines is 1. The maximum atomic E-state index is 11.0. The van der Waals surface area contributed by atoms with Crippen molar-refractivity contribution in [3.63, 3.8) is 0 Å². The minimum absolute atomic E-state index is 0.174. The third-order valence-corrected chi connectivity index (χ3v) is 4.20. The van der Waals surface area contributed by atoms with E-state index >= 15 is 0 Å². The van der Waals surface area contributed by atoms with Crippen molar-refractivity contribution < 1.29 is 9.90 Å². The molecule has 3 rings (SSSR count). The normalized spacial score (nSPS) is 11.0. The summed E-state index contributed by atoms with van der Waals surface area (Å²) in [6.45, 7) is 1.82. The number of aromatic carboxylic acids is 1. The number of carboxylic acid groups (broad SMARTS) is 1. The minimum atomic E-state index is -1.00. The highest BCUT2D eigenvalue weighted by Gasteiger charge is 2.13. The van der Waals surface area contributed by atoms with E-state index in [1.54, 1.807) is 35.2 Å². The topological polar surface area (TPSA) is 79.5 Å². The van der Waals surface area contributed by atoms with E-state index in [0.29, 0.717) is 27.1 Å². The first-order valence-electron chi connectivity index (χ1n) is 7.59. The molecule has 0 saturated carbocycles. The molecule has 6 nitrogen and oxygen atoms in total. The second-order valence-electron chi connectivity index (χ2n) is 5.44. The van der Waals surface area contributed by atoms with E-state index in [-0.39, 0.29) is 5.56 Å². The summed E-state index contributed by atoms with van der Waals surface area (Å²) < 4.78 is 1.58. The number of benzene rings is 2. The first-order chi connectivity index (χ1) is 12.5. The van der Waals surface area contributed by atoms with Crippen LogP contribution in [0.25, 0.3) is 5.69 Å². The van der Waals surface area contributed by atoms with Gasteiger partial charge in [0.15, 0.2) is 0 Å². The van der Waals surface area contributed by atoms with Crippen LogP contribution in [0.4, 0.5) is 5.69 Å². The molecule has 8 heteroatoms. The van der Waals surface area contributed by atoms with Crippen molar-refractivity contribution in [2.24, 2.45) is 5.10 Å². The zero-order chi connectivity index (χ0) is 18.7. The lowest BCUT2D eigenvalue weighted by molar-refractivity contribution is 0.0697. The molecule has 2 N–H and O–H groups in total. The van der Waals surface area contributed by atoms with Gasteiger partial charge in [-0.15, -0.1) is 0 Å². The van der Waals surface area contributed by atoms with Gasteiger partial charge in [0.05, 0.1) is 34.4 Å². The lowest BCUT2D eigenvalue weighted by atomic mass is 10.2. The van der Waals surface area contributed by atoms with Gasteiger partial charge in [-0.05, 0) is 43.3 Å². The Morgan fingerprint density at radius 2 is 2.00 bits per heavy atom. The van der Waals surface area contributed by atoms with Crippen molar-refractivity contribution in [1.29, 1.82) is 0 Å². The summed E-state index contributed by atoms with van der Waals surface area (Å²) in [6.07, 6.45) is 1.54. The average molecular weight is 389 g/mol. The lowest BCUT2D eigenvalue weighted by Gasteiger charge is -2.03. The molecule has 0 amide bonds. The summed E-state index contributed by atoms with van der Waals surface area (Å²) >= 11 is 12.4. The van der Waals surface area contributed by atoms with Crippen LogP contribution in [0.3, 0.4) is 0 Å². The number of carbonyl (C=O) groups is 1. The summed E-state index contributed by atoms with van der Waals surface area (Å²) in [5.41, 5.74) is 5.60. The molecule has 1 aromatic heterocycles. The molecule has 0 fully saturated rings. The van der Waals surface area contributed by atoms with Gasteiger partial charge in [-0.25, -0.2) is 9.48 Å². The summed E-state index contributed by atoms with van der Waals surface area (Å²) in [4.78, 5) is 11.0. The molecule has 3 aromatic rings. The zero-order valence-corrected chi connectivity index (χ0v) is 15.2. The van der Waals surface area contributed by atoms with Gasteiger partial charge in [-0.2, -0.15) is 10.2 Å². The fraction of sp³-hybridized carbons (Fsp3) is 0.0556. The standard InChI is InChI=1S/C18H14Cl2N4O2/c1-11-16(10-21-22-14-6-2-4-12(8-14)18(25)26)17(20)24(23-11)15-7-3-5-13(19)9-15/h2-10,22H,1H3,(H,25,26)/b21-10-. The molecule has 132 valence electrons. The second kappa shape index (κ2) is 7.59. The summed E-state index contributed by atoms with van der Waals surface area (Å²) in [6, 6.07) is 13.5. The number of carboxylic acids is 1. The number of aryl methyl sites for hydroxylation is 1. The Balaban J connectivity index is 1.83. The van der Waals surface area contributed by atoms with Crippen molar-refractivity contribution in [1.82, 2.24) is 9.78 Å². The molecule has 26 heavy (non-hydrogen) atoms. The maximum absolute atomic E-state index is 11.0. The number of hydrogen-bond donors (Lipinski definition) is 2. The molecule has 0 unspecified atom stereocenters. The number of hydrogen-bond acceptors (Lipinski definition) is 4. The maximum Gasteiger partial charge on any atom is 0.335 e. The van der Waals surface area contributed by atoms with Gasteiger partial charge in [-0.1, -0.05) is 35.3 Å². The van der Waals surface area contributed by atoms with Gasteiger partial charge in [0.1, 0.15) is 5.15 Å². The first-order valence-corrected chi connectivity index (χ1v) is 8.35. The van der Waals surface area contributed by atoms with Crippen LogP contribution in [-0.2, 0) is 0 Å². The summed E-state index contributed by atoms with van der Waals surface area (Å²) in [5, 5.41) is 18.5. The number of rotatable bonds is 5. The average Bonchev–Trinajstić information content (AvgIpc) is 2.90. The fourth-order valence-corrected chi connectivity index (χ4v) is 2.84. The van der Waals surface area contributed by atoms with E-state index in [1.165, 1.54) is 12.1 Å². The Hall–Kier alpha value is -2.83. The van der Waals surface area contributed by atoms with Crippen molar-refractivity contribution >= 4 is 41.1 Å². The molecule has 0 aliphatic heterocycles. The Bertz CT molecular complexity index is 999. The van der Waals surface area contributed by atoms with Gasteiger partial charge in [0, 0.05) is 5.02 Å². The first kappa shape index (κ1) is 18.0. The van der Waals surface area contributed by atoms with Crippen molar-refractivity contribution in [2.75, 3.05) is 5.43 Å². The van der Waals surface area contributed by atoms with Crippen LogP contribution in [0.5, 0.6) is 0 Å². The molecule has 0 aliphatic carbocycles. The Kier molecular flexibility index (Phi) is 5.25. The van der Waals surface area contributed by atoms with Crippen LogP contribution in [0, 0.1) is 6.92 Å². The van der Waals surface area contributed by atoms with Crippen molar-refractivity contribution in [3.8, 4) is 5.69 Å². The third-order valence-electron chi connectivity index (χ3n) is 3.60. The van der Waals surface area contributed by atoms with E-state index in [1.807, 2.05) is 19.1 Å². The SMILES string of the molecule is Cc1nn(-c2cccc(Cl)c2)c(Cl)c1/C=N\Nc1cccc(C(=O)O)c1. The van der Waals surface area contributed by atoms with E-state index in [4.69, 9.17) is 28.3 Å². The number of halogens is 2. The Morgan fingerprint density at radius 3 is 2.73 bits per heavy atom. The van der Waals surface area contributed by atoms with Crippen LogP contribution in [-0.4, -0.2) is 27.1 Å². The number of nitrogens with zero attached hydrogens (tertiary/aromatic N) is 3. The summed E-state index contributed by atoms with van der Waals surface area (Å²) in [5.74, 6) is -1.00. The number of nitrogens with one attached hydrogen (secondary N) is 1. The second-order valence-corrected chi connectivity index (χ2v) is 6.23. The zero-order valence-electron chi connectivity index (χ0n) is 13.6. The molecule has 2 aromatic carbocycles. The van der Waals surface area contributed by atoms with Gasteiger partial charge >= 0.3 is 5.97 Å². The highest BCUT2D eigenvalue weighted by atomic mass is 35.5. The smallest absolute Gasteiger partial charge is 0.335 e. The molecule has 0 atom stereocenters. The quantitative estimate of drug-likeness (QED) is 0.493. The predicted molar refractivity (Wildman–Crippen MR) is 103 cm³/mol. The minimum Gasteiger partial charge on any atom is -0.478 e. The van der Waals surface area contributed by atoms with Crippen molar-refractivity contribution in [3.05, 3.63) is 75.5 Å². The molecular formula is C18H14Cl2N4O2. The lowest BCUT2D eigenvalue weighted by Crippen LogP contribution is -1.98. The highest BCUT2D eigenvalue weighted by Crippen LogP contribution is 2.23. The van der Waals surface area contributed by atoms with Crippen LogP contribution in [0.15, 0.2) is 53.6 Å². The van der Waals surface area contributed by atoms with Crippen LogP contribution in [0.2, 0.25) is 10.2 Å². The van der Waals surface area contributed by atoms with Crippen LogP contribution < -0.4 is 5.43 Å². The van der Waals surface area contributed by atoms with Crippen molar-refractivity contribution in [2.45, 2.75) is 6.92 Å². The molecule has 0 spiro atoms. The van der Waals surface area contributed by atoms with Crippen LogP contribution in [0.1, 0.15) is 21.6 Å². The van der Waals surface area contributed by atoms with Gasteiger partial charge in [-0.3, -0.25) is 5.43 Å². The highest BCUT2D eigenvalue weighted by molar-refractivity contribution is 6.32. The van der Waals surface area contributed by atoms with Gasteiger partial charge < -0.3 is 5.11 Å². The number of hydrazone groups is 1. The summed E-state index contributed by atoms with van der Waals surface area (Å²) in [7, 11) is 0. The fourth-order valence-electron chi connectivity index (χ4n) is 2.33. The Morgan fingerprint density at radius 1 is 1.23 bits per heavy atom. The molecule has 0 bridgehead atoms. The number of aromatic nitrogens is 2. The third kappa shape index (κ3) is 3.87. The monoisotopic (exact) mass is 388 g/mol. The molecule has 0 aliphatic rings. The molecule has 1 heterocycles. The van der Waals surface area contributed by atoms with E-state index in [2.05, 4.69) is 15.6 Å². The molecule has 0 radical (unpaired) electrons. The van der Waals surface area contributed by atoms with E-state index in [9.17, 15) is 4.79 Å². The predicted octanol–water partition coefficient (Wildman–Crippen LogP) is 4.63.